The summed E-state index contributed by atoms with van der Waals surface area (Å²) >= 11 is 0. The van der Waals surface area contributed by atoms with E-state index in [1.807, 2.05) is 37.3 Å². The Balaban J connectivity index is 2.27. The molecule has 0 saturated heterocycles. The third-order valence-corrected chi connectivity index (χ3v) is 3.42. The van der Waals surface area contributed by atoms with E-state index in [-0.39, 0.29) is 11.6 Å². The lowest BCUT2D eigenvalue weighted by molar-refractivity contribution is 0.685. The second-order valence-corrected chi connectivity index (χ2v) is 5.10. The summed E-state index contributed by atoms with van der Waals surface area (Å²) < 4.78 is 1.67. The number of hydrogen-bond donors (Lipinski definition) is 2. The van der Waals surface area contributed by atoms with Gasteiger partial charge in [0, 0.05) is 5.56 Å². The molecule has 6 heteroatoms. The van der Waals surface area contributed by atoms with Gasteiger partial charge >= 0.3 is 5.69 Å². The fourth-order valence-corrected chi connectivity index (χ4v) is 2.40. The van der Waals surface area contributed by atoms with Gasteiger partial charge in [-0.25, -0.2) is 9.78 Å². The molecule has 0 radical (unpaired) electrons. The Kier molecular flexibility index (Phi) is 4.05. The molecule has 0 saturated carbocycles. The summed E-state index contributed by atoms with van der Waals surface area (Å²) in [6.45, 7) is 3.57. The molecule has 2 heterocycles. The van der Waals surface area contributed by atoms with Gasteiger partial charge in [0.15, 0.2) is 11.3 Å². The lowest BCUT2D eigenvalue weighted by atomic mass is 10.2. The van der Waals surface area contributed by atoms with Crippen LogP contribution in [0.2, 0.25) is 0 Å². The summed E-state index contributed by atoms with van der Waals surface area (Å²) in [4.78, 5) is 32.6. The van der Waals surface area contributed by atoms with Crippen LogP contribution in [-0.4, -0.2) is 19.5 Å². The van der Waals surface area contributed by atoms with Crippen LogP contribution in [0.15, 0.2) is 39.9 Å². The SMILES string of the molecule is CC#CC(C)n1c(C#Cc2ccccc2)nc2c(=O)[nH]c(=O)[nH]c21. The third-order valence-electron chi connectivity index (χ3n) is 3.42. The second-order valence-electron chi connectivity index (χ2n) is 5.10. The standard InChI is InChI=1S/C18H14N4O2/c1-3-7-12(2)22-14(11-10-13-8-5-4-6-9-13)19-15-16(22)20-18(24)21-17(15)23/h4-6,8-9,12H,1-2H3,(H2,20,21,23,24). The van der Waals surface area contributed by atoms with E-state index < -0.39 is 11.2 Å². The lowest BCUT2D eigenvalue weighted by Gasteiger charge is -2.08. The molecular weight excluding hydrogens is 304 g/mol. The molecule has 118 valence electrons. The van der Waals surface area contributed by atoms with E-state index in [0.717, 1.165) is 5.56 Å². The molecule has 0 spiro atoms. The van der Waals surface area contributed by atoms with Crippen molar-refractivity contribution in [3.05, 3.63) is 62.6 Å². The first-order valence-electron chi connectivity index (χ1n) is 7.34. The highest BCUT2D eigenvalue weighted by atomic mass is 16.2. The summed E-state index contributed by atoms with van der Waals surface area (Å²) in [5, 5.41) is 0. The largest absolute Gasteiger partial charge is 0.327 e. The van der Waals surface area contributed by atoms with E-state index in [1.54, 1.807) is 11.5 Å². The highest BCUT2D eigenvalue weighted by molar-refractivity contribution is 5.71. The predicted molar refractivity (Wildman–Crippen MR) is 91.6 cm³/mol. The van der Waals surface area contributed by atoms with Gasteiger partial charge in [0.05, 0.1) is 6.04 Å². The Hall–Kier alpha value is -3.51. The van der Waals surface area contributed by atoms with Crippen molar-refractivity contribution in [1.82, 2.24) is 19.5 Å². The number of aromatic nitrogens is 4. The number of aromatic amines is 2. The highest BCUT2D eigenvalue weighted by Gasteiger charge is 2.16. The summed E-state index contributed by atoms with van der Waals surface area (Å²) in [6.07, 6.45) is 0. The van der Waals surface area contributed by atoms with Crippen molar-refractivity contribution >= 4 is 11.2 Å². The molecule has 24 heavy (non-hydrogen) atoms. The van der Waals surface area contributed by atoms with Crippen molar-refractivity contribution < 1.29 is 0 Å². The van der Waals surface area contributed by atoms with Gasteiger partial charge in [-0.1, -0.05) is 30.0 Å². The Labute approximate surface area is 137 Å². The minimum absolute atomic E-state index is 0.136. The highest BCUT2D eigenvalue weighted by Crippen LogP contribution is 2.15. The number of nitrogens with zero attached hydrogens (tertiary/aromatic N) is 2. The number of nitrogens with one attached hydrogen (secondary N) is 2. The van der Waals surface area contributed by atoms with Crippen LogP contribution in [0.5, 0.6) is 0 Å². The van der Waals surface area contributed by atoms with Crippen molar-refractivity contribution in [3.63, 3.8) is 0 Å². The maximum Gasteiger partial charge on any atom is 0.327 e. The molecule has 1 aromatic carbocycles. The average Bonchev–Trinajstić information content (AvgIpc) is 2.93. The Morgan fingerprint density at radius 2 is 1.88 bits per heavy atom. The van der Waals surface area contributed by atoms with Crippen molar-refractivity contribution in [3.8, 4) is 23.7 Å². The van der Waals surface area contributed by atoms with Gasteiger partial charge in [-0.15, -0.1) is 5.92 Å². The minimum atomic E-state index is -0.590. The third kappa shape index (κ3) is 2.86. The first-order valence-corrected chi connectivity index (χ1v) is 7.34. The summed E-state index contributed by atoms with van der Waals surface area (Å²) in [7, 11) is 0. The van der Waals surface area contributed by atoms with Gasteiger partial charge in [-0.3, -0.25) is 19.3 Å². The number of imidazole rings is 1. The molecule has 3 aromatic rings. The van der Waals surface area contributed by atoms with Crippen LogP contribution in [0.4, 0.5) is 0 Å². The van der Waals surface area contributed by atoms with Crippen LogP contribution >= 0.6 is 0 Å². The molecule has 2 aromatic heterocycles. The number of hydrogen-bond acceptors (Lipinski definition) is 3. The number of fused-ring (bicyclic) bond motifs is 1. The monoisotopic (exact) mass is 318 g/mol. The fraction of sp³-hybridized carbons (Fsp3) is 0.167. The summed E-state index contributed by atoms with van der Waals surface area (Å²) in [5.74, 6) is 12.2. The van der Waals surface area contributed by atoms with Crippen LogP contribution < -0.4 is 11.2 Å². The molecule has 1 atom stereocenters. The molecular formula is C18H14N4O2. The zero-order valence-corrected chi connectivity index (χ0v) is 13.2. The molecule has 0 amide bonds. The first kappa shape index (κ1) is 15.4. The topological polar surface area (TPSA) is 83.5 Å². The van der Waals surface area contributed by atoms with Crippen molar-refractivity contribution in [2.75, 3.05) is 0 Å². The van der Waals surface area contributed by atoms with Crippen molar-refractivity contribution in [1.29, 1.82) is 0 Å². The fourth-order valence-electron chi connectivity index (χ4n) is 2.40. The van der Waals surface area contributed by atoms with E-state index in [1.165, 1.54) is 0 Å². The molecule has 0 bridgehead atoms. The minimum Gasteiger partial charge on any atom is -0.291 e. The Morgan fingerprint density at radius 1 is 1.12 bits per heavy atom. The van der Waals surface area contributed by atoms with E-state index in [9.17, 15) is 9.59 Å². The Bertz CT molecular complexity index is 1130. The molecule has 0 aliphatic heterocycles. The van der Waals surface area contributed by atoms with E-state index in [2.05, 4.69) is 38.6 Å². The number of H-pyrrole nitrogens is 2. The summed E-state index contributed by atoms with van der Waals surface area (Å²) in [6, 6.07) is 9.15. The maximum atomic E-state index is 12.0. The van der Waals surface area contributed by atoms with Crippen LogP contribution in [0.1, 0.15) is 31.3 Å². The van der Waals surface area contributed by atoms with Gasteiger partial charge in [0.2, 0.25) is 0 Å². The van der Waals surface area contributed by atoms with E-state index >= 15 is 0 Å². The summed E-state index contributed by atoms with van der Waals surface area (Å²) in [5.41, 5.74) is 0.139. The van der Waals surface area contributed by atoms with Crippen LogP contribution in [0, 0.1) is 23.7 Å². The Morgan fingerprint density at radius 3 is 2.58 bits per heavy atom. The molecule has 3 rings (SSSR count). The van der Waals surface area contributed by atoms with Gasteiger partial charge in [-0.2, -0.15) is 0 Å². The molecule has 0 fully saturated rings. The predicted octanol–water partition coefficient (Wildman–Crippen LogP) is 1.40. The number of benzene rings is 1. The lowest BCUT2D eigenvalue weighted by Crippen LogP contribution is -2.23. The molecule has 0 aliphatic rings. The van der Waals surface area contributed by atoms with Crippen molar-refractivity contribution in [2.24, 2.45) is 0 Å². The van der Waals surface area contributed by atoms with Crippen molar-refractivity contribution in [2.45, 2.75) is 19.9 Å². The van der Waals surface area contributed by atoms with Gasteiger partial charge in [-0.05, 0) is 31.9 Å². The average molecular weight is 318 g/mol. The molecule has 0 aliphatic carbocycles. The van der Waals surface area contributed by atoms with Crippen LogP contribution in [0.3, 0.4) is 0 Å². The normalized spacial score (nSPS) is 11.2. The van der Waals surface area contributed by atoms with Crippen LogP contribution in [-0.2, 0) is 0 Å². The number of rotatable bonds is 1. The van der Waals surface area contributed by atoms with Gasteiger partial charge in [0.25, 0.3) is 5.56 Å². The molecule has 2 N–H and O–H groups in total. The zero-order valence-electron chi connectivity index (χ0n) is 13.2. The quantitative estimate of drug-likeness (QED) is 0.665. The maximum absolute atomic E-state index is 12.0. The van der Waals surface area contributed by atoms with Gasteiger partial charge in [0.1, 0.15) is 5.65 Å². The molecule has 1 unspecified atom stereocenters. The smallest absolute Gasteiger partial charge is 0.291 e. The van der Waals surface area contributed by atoms with E-state index in [0.29, 0.717) is 11.5 Å². The van der Waals surface area contributed by atoms with E-state index in [4.69, 9.17) is 0 Å². The zero-order chi connectivity index (χ0) is 17.1. The van der Waals surface area contributed by atoms with Crippen LogP contribution in [0.25, 0.3) is 11.2 Å². The molecule has 6 nitrogen and oxygen atoms in total. The van der Waals surface area contributed by atoms with Gasteiger partial charge < -0.3 is 0 Å². The first-order chi connectivity index (χ1) is 11.6. The second kappa shape index (κ2) is 6.31.